The first-order valence-corrected chi connectivity index (χ1v) is 6.59. The summed E-state index contributed by atoms with van der Waals surface area (Å²) < 4.78 is 15.5. The number of carbonyl (C=O) groups excluding carboxylic acids is 1. The van der Waals surface area contributed by atoms with Gasteiger partial charge < -0.3 is 19.5 Å². The number of nitrogens with one attached hydrogen (secondary N) is 1. The zero-order valence-corrected chi connectivity index (χ0v) is 12.1. The standard InChI is InChI=1S/C13H27NO4/c1-5-8-14-13(3,12(15)18-6-2)11-17-10-7-9-16-4/h14H,5-11H2,1-4H3. The van der Waals surface area contributed by atoms with E-state index in [4.69, 9.17) is 14.2 Å². The Morgan fingerprint density at radius 3 is 2.56 bits per heavy atom. The number of esters is 1. The van der Waals surface area contributed by atoms with Gasteiger partial charge >= 0.3 is 5.97 Å². The lowest BCUT2D eigenvalue weighted by Gasteiger charge is -2.28. The van der Waals surface area contributed by atoms with E-state index in [0.717, 1.165) is 19.4 Å². The number of ether oxygens (including phenoxy) is 3. The van der Waals surface area contributed by atoms with Crippen LogP contribution < -0.4 is 5.32 Å². The van der Waals surface area contributed by atoms with Crippen LogP contribution in [0.3, 0.4) is 0 Å². The molecule has 0 aliphatic heterocycles. The molecule has 1 atom stereocenters. The maximum Gasteiger partial charge on any atom is 0.328 e. The van der Waals surface area contributed by atoms with Crippen LogP contribution >= 0.6 is 0 Å². The van der Waals surface area contributed by atoms with Crippen LogP contribution in [-0.2, 0) is 19.0 Å². The third kappa shape index (κ3) is 6.93. The molecule has 0 heterocycles. The molecule has 0 fully saturated rings. The monoisotopic (exact) mass is 261 g/mol. The maximum absolute atomic E-state index is 11.9. The zero-order valence-electron chi connectivity index (χ0n) is 12.1. The number of hydrogen-bond acceptors (Lipinski definition) is 5. The first kappa shape index (κ1) is 17.4. The Bertz CT molecular complexity index is 223. The summed E-state index contributed by atoms with van der Waals surface area (Å²) in [7, 11) is 1.66. The lowest BCUT2D eigenvalue weighted by Crippen LogP contribution is -2.54. The average molecular weight is 261 g/mol. The van der Waals surface area contributed by atoms with Crippen molar-refractivity contribution >= 4 is 5.97 Å². The Hall–Kier alpha value is -0.650. The minimum absolute atomic E-state index is 0.259. The first-order chi connectivity index (χ1) is 8.60. The van der Waals surface area contributed by atoms with Crippen molar-refractivity contribution in [2.24, 2.45) is 0 Å². The van der Waals surface area contributed by atoms with Gasteiger partial charge in [0.15, 0.2) is 0 Å². The molecule has 0 saturated heterocycles. The van der Waals surface area contributed by atoms with E-state index in [9.17, 15) is 4.79 Å². The molecule has 5 nitrogen and oxygen atoms in total. The quantitative estimate of drug-likeness (QED) is 0.449. The summed E-state index contributed by atoms with van der Waals surface area (Å²) in [5, 5.41) is 3.19. The second-order valence-corrected chi connectivity index (χ2v) is 4.38. The fourth-order valence-corrected chi connectivity index (χ4v) is 1.46. The average Bonchev–Trinajstić information content (AvgIpc) is 2.36. The van der Waals surface area contributed by atoms with Gasteiger partial charge in [-0.15, -0.1) is 0 Å². The smallest absolute Gasteiger partial charge is 0.328 e. The van der Waals surface area contributed by atoms with Crippen LogP contribution in [0.5, 0.6) is 0 Å². The molecule has 0 spiro atoms. The summed E-state index contributed by atoms with van der Waals surface area (Å²) in [4.78, 5) is 11.9. The molecule has 0 aromatic rings. The topological polar surface area (TPSA) is 56.8 Å². The SMILES string of the molecule is CCCNC(C)(COCCCOC)C(=O)OCC. The summed E-state index contributed by atoms with van der Waals surface area (Å²) in [6.07, 6.45) is 1.78. The minimum atomic E-state index is -0.765. The third-order valence-corrected chi connectivity index (χ3v) is 2.52. The van der Waals surface area contributed by atoms with Crippen molar-refractivity contribution in [2.45, 2.75) is 39.2 Å². The molecule has 0 rings (SSSR count). The molecule has 1 unspecified atom stereocenters. The lowest BCUT2D eigenvalue weighted by atomic mass is 10.0. The van der Waals surface area contributed by atoms with Crippen molar-refractivity contribution in [2.75, 3.05) is 40.1 Å². The van der Waals surface area contributed by atoms with Gasteiger partial charge in [0.1, 0.15) is 5.54 Å². The second-order valence-electron chi connectivity index (χ2n) is 4.38. The molecule has 1 N–H and O–H groups in total. The van der Waals surface area contributed by atoms with E-state index in [1.807, 2.05) is 6.92 Å². The van der Waals surface area contributed by atoms with Crippen molar-refractivity contribution in [3.63, 3.8) is 0 Å². The maximum atomic E-state index is 11.9. The van der Waals surface area contributed by atoms with Crippen molar-refractivity contribution in [3.8, 4) is 0 Å². The summed E-state index contributed by atoms with van der Waals surface area (Å²) in [6.45, 7) is 8.37. The molecule has 0 saturated carbocycles. The van der Waals surface area contributed by atoms with Crippen LogP contribution in [0.2, 0.25) is 0 Å². The fraction of sp³-hybridized carbons (Fsp3) is 0.923. The molecule has 0 aliphatic carbocycles. The fourth-order valence-electron chi connectivity index (χ4n) is 1.46. The van der Waals surface area contributed by atoms with Crippen LogP contribution in [-0.4, -0.2) is 51.6 Å². The zero-order chi connectivity index (χ0) is 13.9. The van der Waals surface area contributed by atoms with E-state index in [1.165, 1.54) is 0 Å². The Kier molecular flexibility index (Phi) is 9.92. The van der Waals surface area contributed by atoms with E-state index in [2.05, 4.69) is 12.2 Å². The number of methoxy groups -OCH3 is 1. The minimum Gasteiger partial charge on any atom is -0.465 e. The highest BCUT2D eigenvalue weighted by Gasteiger charge is 2.34. The number of hydrogen-bond donors (Lipinski definition) is 1. The summed E-state index contributed by atoms with van der Waals surface area (Å²) >= 11 is 0. The largest absolute Gasteiger partial charge is 0.465 e. The van der Waals surface area contributed by atoms with Crippen molar-refractivity contribution < 1.29 is 19.0 Å². The van der Waals surface area contributed by atoms with Crippen LogP contribution in [0, 0.1) is 0 Å². The van der Waals surface area contributed by atoms with Gasteiger partial charge in [-0.1, -0.05) is 6.92 Å². The van der Waals surface area contributed by atoms with Gasteiger partial charge in [0.25, 0.3) is 0 Å². The van der Waals surface area contributed by atoms with Crippen molar-refractivity contribution in [1.82, 2.24) is 5.32 Å². The van der Waals surface area contributed by atoms with Gasteiger partial charge in [-0.3, -0.25) is 0 Å². The number of carbonyl (C=O) groups is 1. The summed E-state index contributed by atoms with van der Waals surface area (Å²) in [5.41, 5.74) is -0.765. The Morgan fingerprint density at radius 1 is 1.28 bits per heavy atom. The van der Waals surface area contributed by atoms with Gasteiger partial charge in [-0.05, 0) is 33.2 Å². The molecule has 0 aliphatic rings. The molecule has 18 heavy (non-hydrogen) atoms. The predicted octanol–water partition coefficient (Wildman–Crippen LogP) is 1.36. The first-order valence-electron chi connectivity index (χ1n) is 6.59. The third-order valence-electron chi connectivity index (χ3n) is 2.52. The van der Waals surface area contributed by atoms with Crippen molar-refractivity contribution in [3.05, 3.63) is 0 Å². The molecule has 0 amide bonds. The molecule has 0 radical (unpaired) electrons. The highest BCUT2D eigenvalue weighted by Crippen LogP contribution is 2.08. The van der Waals surface area contributed by atoms with Crippen LogP contribution in [0.1, 0.15) is 33.6 Å². The van der Waals surface area contributed by atoms with Gasteiger partial charge in [-0.25, -0.2) is 4.79 Å². The van der Waals surface area contributed by atoms with Gasteiger partial charge in [0.05, 0.1) is 13.2 Å². The van der Waals surface area contributed by atoms with Gasteiger partial charge in [0, 0.05) is 20.3 Å². The second kappa shape index (κ2) is 10.3. The Morgan fingerprint density at radius 2 is 2.00 bits per heavy atom. The van der Waals surface area contributed by atoms with E-state index in [1.54, 1.807) is 14.0 Å². The van der Waals surface area contributed by atoms with Crippen LogP contribution in [0.25, 0.3) is 0 Å². The highest BCUT2D eigenvalue weighted by molar-refractivity contribution is 5.80. The van der Waals surface area contributed by atoms with Crippen LogP contribution in [0.15, 0.2) is 0 Å². The Labute approximate surface area is 110 Å². The molecule has 0 bridgehead atoms. The van der Waals surface area contributed by atoms with Gasteiger partial charge in [0.2, 0.25) is 0 Å². The summed E-state index contributed by atoms with van der Waals surface area (Å²) in [5.74, 6) is -0.259. The molecule has 5 heteroatoms. The van der Waals surface area contributed by atoms with Gasteiger partial charge in [-0.2, -0.15) is 0 Å². The molecule has 0 aromatic carbocycles. The van der Waals surface area contributed by atoms with E-state index < -0.39 is 5.54 Å². The number of rotatable bonds is 11. The van der Waals surface area contributed by atoms with Crippen molar-refractivity contribution in [1.29, 1.82) is 0 Å². The lowest BCUT2D eigenvalue weighted by molar-refractivity contribution is -0.153. The van der Waals surface area contributed by atoms with E-state index in [-0.39, 0.29) is 5.97 Å². The summed E-state index contributed by atoms with van der Waals surface area (Å²) in [6, 6.07) is 0. The van der Waals surface area contributed by atoms with E-state index >= 15 is 0 Å². The predicted molar refractivity (Wildman–Crippen MR) is 70.6 cm³/mol. The normalized spacial score (nSPS) is 14.2. The highest BCUT2D eigenvalue weighted by atomic mass is 16.5. The Balaban J connectivity index is 4.15. The molecule has 0 aromatic heterocycles. The molecular formula is C13H27NO4. The van der Waals surface area contributed by atoms with E-state index in [0.29, 0.717) is 26.4 Å². The molecule has 108 valence electrons. The molecular weight excluding hydrogens is 234 g/mol. The van der Waals surface area contributed by atoms with Crippen LogP contribution in [0.4, 0.5) is 0 Å².